The van der Waals surface area contributed by atoms with E-state index in [0.29, 0.717) is 32.3 Å². The molecule has 0 saturated heterocycles. The number of guanidine groups is 1. The van der Waals surface area contributed by atoms with Crippen LogP contribution in [0.4, 0.5) is 5.69 Å². The largest absolute Gasteiger partial charge is 0.493 e. The molecule has 0 aliphatic rings. The minimum Gasteiger partial charge on any atom is -0.493 e. The van der Waals surface area contributed by atoms with Gasteiger partial charge in [-0.1, -0.05) is 36.9 Å². The van der Waals surface area contributed by atoms with Gasteiger partial charge in [-0.3, -0.25) is 4.99 Å². The van der Waals surface area contributed by atoms with Crippen molar-refractivity contribution < 1.29 is 14.2 Å². The van der Waals surface area contributed by atoms with Crippen LogP contribution in [0.25, 0.3) is 0 Å². The predicted octanol–water partition coefficient (Wildman–Crippen LogP) is 3.85. The molecule has 0 atom stereocenters. The molecule has 0 radical (unpaired) electrons. The van der Waals surface area contributed by atoms with Crippen molar-refractivity contribution in [3.63, 3.8) is 0 Å². The van der Waals surface area contributed by atoms with Crippen LogP contribution in [-0.2, 0) is 11.3 Å². The van der Waals surface area contributed by atoms with Gasteiger partial charge in [0.1, 0.15) is 18.1 Å². The van der Waals surface area contributed by atoms with Crippen molar-refractivity contribution in [1.82, 2.24) is 5.32 Å². The maximum atomic E-state index is 5.74. The van der Waals surface area contributed by atoms with Crippen molar-refractivity contribution in [2.45, 2.75) is 13.0 Å². The minimum atomic E-state index is 0.473. The lowest BCUT2D eigenvalue weighted by molar-refractivity contribution is 0.172. The number of para-hydroxylation sites is 1. The van der Waals surface area contributed by atoms with Crippen LogP contribution in [-0.4, -0.2) is 39.9 Å². The van der Waals surface area contributed by atoms with Crippen LogP contribution in [0, 0.1) is 0 Å². The van der Waals surface area contributed by atoms with Crippen molar-refractivity contribution in [1.29, 1.82) is 0 Å². The fourth-order valence-corrected chi connectivity index (χ4v) is 2.49. The molecule has 0 unspecified atom stereocenters. The van der Waals surface area contributed by atoms with E-state index in [4.69, 9.17) is 14.2 Å². The average molecular weight is 383 g/mol. The van der Waals surface area contributed by atoms with Gasteiger partial charge in [-0.2, -0.15) is 0 Å². The van der Waals surface area contributed by atoms with Gasteiger partial charge in [0, 0.05) is 51.0 Å². The van der Waals surface area contributed by atoms with E-state index in [0.717, 1.165) is 29.2 Å². The van der Waals surface area contributed by atoms with Crippen molar-refractivity contribution >= 4 is 11.6 Å². The Hall–Kier alpha value is -2.99. The molecule has 2 rings (SSSR count). The van der Waals surface area contributed by atoms with Gasteiger partial charge in [0.15, 0.2) is 5.96 Å². The van der Waals surface area contributed by atoms with Gasteiger partial charge in [-0.15, -0.1) is 0 Å². The first kappa shape index (κ1) is 21.3. The summed E-state index contributed by atoms with van der Waals surface area (Å²) in [6.07, 6.45) is 2.58. The molecule has 0 aliphatic carbocycles. The first-order valence-electron chi connectivity index (χ1n) is 9.28. The highest BCUT2D eigenvalue weighted by molar-refractivity contribution is 5.93. The Kier molecular flexibility index (Phi) is 9.44. The maximum Gasteiger partial charge on any atom is 0.195 e. The smallest absolute Gasteiger partial charge is 0.195 e. The molecular weight excluding hydrogens is 354 g/mol. The molecule has 6 nitrogen and oxygen atoms in total. The summed E-state index contributed by atoms with van der Waals surface area (Å²) in [6.45, 7) is 6.05. The third kappa shape index (κ3) is 7.32. The predicted molar refractivity (Wildman–Crippen MR) is 114 cm³/mol. The summed E-state index contributed by atoms with van der Waals surface area (Å²) in [6, 6.07) is 15.7. The highest BCUT2D eigenvalue weighted by Gasteiger charge is 2.05. The number of benzene rings is 2. The van der Waals surface area contributed by atoms with E-state index in [1.807, 2.05) is 48.5 Å². The second-order valence-corrected chi connectivity index (χ2v) is 5.98. The first-order valence-corrected chi connectivity index (χ1v) is 9.28. The standard InChI is InChI=1S/C22H29N3O3/c1-4-13-28-21-12-6-5-9-18(21)17-24-22(23-2)25-19-10-7-11-20(16-19)27-15-8-14-26-3/h4-7,9-12,16H,1,8,13-15,17H2,2-3H3,(H2,23,24,25). The van der Waals surface area contributed by atoms with E-state index in [-0.39, 0.29) is 0 Å². The molecule has 2 aromatic rings. The lowest BCUT2D eigenvalue weighted by atomic mass is 10.2. The van der Waals surface area contributed by atoms with Gasteiger partial charge in [0.05, 0.1) is 6.61 Å². The fourth-order valence-electron chi connectivity index (χ4n) is 2.49. The van der Waals surface area contributed by atoms with Gasteiger partial charge in [-0.25, -0.2) is 0 Å². The zero-order valence-electron chi connectivity index (χ0n) is 16.6. The fraction of sp³-hybridized carbons (Fsp3) is 0.318. The molecule has 0 bridgehead atoms. The molecule has 0 fully saturated rings. The summed E-state index contributed by atoms with van der Waals surface area (Å²) in [7, 11) is 3.42. The molecule has 150 valence electrons. The van der Waals surface area contributed by atoms with Gasteiger partial charge in [0.25, 0.3) is 0 Å². The Morgan fingerprint density at radius 3 is 2.75 bits per heavy atom. The number of nitrogens with zero attached hydrogens (tertiary/aromatic N) is 1. The molecule has 0 saturated carbocycles. The number of aliphatic imine (C=N–C) groups is 1. The number of anilines is 1. The van der Waals surface area contributed by atoms with E-state index >= 15 is 0 Å². The Morgan fingerprint density at radius 1 is 1.11 bits per heavy atom. The second-order valence-electron chi connectivity index (χ2n) is 5.98. The molecule has 0 spiro atoms. The van der Waals surface area contributed by atoms with Crippen LogP contribution in [0.5, 0.6) is 11.5 Å². The lowest BCUT2D eigenvalue weighted by Gasteiger charge is -2.15. The van der Waals surface area contributed by atoms with Crippen LogP contribution >= 0.6 is 0 Å². The molecule has 0 aliphatic heterocycles. The Morgan fingerprint density at radius 2 is 1.96 bits per heavy atom. The van der Waals surface area contributed by atoms with Crippen LogP contribution in [0.3, 0.4) is 0 Å². The summed E-state index contributed by atoms with van der Waals surface area (Å²) >= 11 is 0. The summed E-state index contributed by atoms with van der Waals surface area (Å²) in [5, 5.41) is 6.59. The quantitative estimate of drug-likeness (QED) is 0.267. The number of hydrogen-bond donors (Lipinski definition) is 2. The molecule has 0 aromatic heterocycles. The number of hydrogen-bond acceptors (Lipinski definition) is 4. The highest BCUT2D eigenvalue weighted by Crippen LogP contribution is 2.19. The molecule has 2 N–H and O–H groups in total. The zero-order chi connectivity index (χ0) is 20.0. The normalized spacial score (nSPS) is 11.0. The number of ether oxygens (including phenoxy) is 3. The topological polar surface area (TPSA) is 64.1 Å². The SMILES string of the molecule is C=CCOc1ccccc1CNC(=NC)Nc1cccc(OCCCOC)c1. The third-order valence-corrected chi connectivity index (χ3v) is 3.86. The number of rotatable bonds is 11. The van der Waals surface area contributed by atoms with Crippen LogP contribution in [0.15, 0.2) is 66.2 Å². The average Bonchev–Trinajstić information content (AvgIpc) is 2.73. The van der Waals surface area contributed by atoms with Gasteiger partial charge in [-0.05, 0) is 18.2 Å². The van der Waals surface area contributed by atoms with Gasteiger partial charge >= 0.3 is 0 Å². The monoisotopic (exact) mass is 383 g/mol. The summed E-state index contributed by atoms with van der Waals surface area (Å²) < 4.78 is 16.5. The third-order valence-electron chi connectivity index (χ3n) is 3.86. The van der Waals surface area contributed by atoms with Crippen molar-refractivity contribution in [2.75, 3.05) is 39.3 Å². The van der Waals surface area contributed by atoms with Gasteiger partial charge in [0.2, 0.25) is 0 Å². The highest BCUT2D eigenvalue weighted by atomic mass is 16.5. The maximum absolute atomic E-state index is 5.74. The molecule has 0 heterocycles. The second kappa shape index (κ2) is 12.4. The van der Waals surface area contributed by atoms with Crippen LogP contribution in [0.1, 0.15) is 12.0 Å². The number of nitrogens with one attached hydrogen (secondary N) is 2. The Balaban J connectivity index is 1.92. The molecule has 28 heavy (non-hydrogen) atoms. The van der Waals surface area contributed by atoms with E-state index in [9.17, 15) is 0 Å². The van der Waals surface area contributed by atoms with E-state index in [2.05, 4.69) is 22.2 Å². The van der Waals surface area contributed by atoms with Crippen LogP contribution < -0.4 is 20.1 Å². The lowest BCUT2D eigenvalue weighted by Crippen LogP contribution is -2.30. The number of methoxy groups -OCH3 is 1. The van der Waals surface area contributed by atoms with E-state index in [1.54, 1.807) is 20.2 Å². The van der Waals surface area contributed by atoms with Gasteiger partial charge < -0.3 is 24.8 Å². The van der Waals surface area contributed by atoms with Crippen molar-refractivity contribution in [3.05, 3.63) is 66.7 Å². The Labute approximate surface area is 167 Å². The molecule has 6 heteroatoms. The molecule has 0 amide bonds. The minimum absolute atomic E-state index is 0.473. The zero-order valence-corrected chi connectivity index (χ0v) is 16.6. The molecular formula is C22H29N3O3. The van der Waals surface area contributed by atoms with Crippen molar-refractivity contribution in [3.8, 4) is 11.5 Å². The Bertz CT molecular complexity index is 762. The van der Waals surface area contributed by atoms with Crippen LogP contribution in [0.2, 0.25) is 0 Å². The summed E-state index contributed by atoms with van der Waals surface area (Å²) in [4.78, 5) is 4.29. The van der Waals surface area contributed by atoms with E-state index in [1.165, 1.54) is 0 Å². The summed E-state index contributed by atoms with van der Waals surface area (Å²) in [5.41, 5.74) is 1.94. The van der Waals surface area contributed by atoms with Crippen molar-refractivity contribution in [2.24, 2.45) is 4.99 Å². The molecule has 2 aromatic carbocycles. The van der Waals surface area contributed by atoms with E-state index < -0.39 is 0 Å². The first-order chi connectivity index (χ1) is 13.8. The summed E-state index contributed by atoms with van der Waals surface area (Å²) in [5.74, 6) is 2.30.